The van der Waals surface area contributed by atoms with Gasteiger partial charge in [-0.25, -0.2) is 0 Å². The Labute approximate surface area is 108 Å². The van der Waals surface area contributed by atoms with Gasteiger partial charge in [-0.2, -0.15) is 9.61 Å². The summed E-state index contributed by atoms with van der Waals surface area (Å²) in [4.78, 5) is 0.790. The first-order valence-electron chi connectivity index (χ1n) is 5.55. The minimum absolute atomic E-state index is 0.415. The fraction of sp³-hybridized carbons (Fsp3) is 0.250. The van der Waals surface area contributed by atoms with E-state index in [9.17, 15) is 0 Å². The van der Waals surface area contributed by atoms with Crippen molar-refractivity contribution in [1.82, 2.24) is 19.8 Å². The maximum Gasteiger partial charge on any atom is 0.235 e. The van der Waals surface area contributed by atoms with E-state index >= 15 is 0 Å². The maximum atomic E-state index is 5.07. The number of fused-ring (bicyclic) bond motifs is 1. The van der Waals surface area contributed by atoms with Crippen LogP contribution in [-0.2, 0) is 11.3 Å². The van der Waals surface area contributed by atoms with Gasteiger partial charge in [-0.3, -0.25) is 0 Å². The smallest absolute Gasteiger partial charge is 0.235 e. The zero-order chi connectivity index (χ0) is 12.5. The first-order valence-corrected chi connectivity index (χ1v) is 6.36. The normalized spacial score (nSPS) is 11.2. The standard InChI is InChI=1S/C12H12N4OS/c1-8-4-3-5-9(6-8)11-15-16-10(7-17-2)13-14-12(16)18-11/h3-6H,7H2,1-2H3. The highest BCUT2D eigenvalue weighted by molar-refractivity contribution is 7.19. The molecule has 0 fully saturated rings. The van der Waals surface area contributed by atoms with Crippen molar-refractivity contribution in [2.24, 2.45) is 0 Å². The summed E-state index contributed by atoms with van der Waals surface area (Å²) in [7, 11) is 1.63. The van der Waals surface area contributed by atoms with E-state index in [1.807, 2.05) is 6.07 Å². The Morgan fingerprint density at radius 1 is 1.33 bits per heavy atom. The van der Waals surface area contributed by atoms with E-state index < -0.39 is 0 Å². The Hall–Kier alpha value is -1.79. The van der Waals surface area contributed by atoms with Crippen LogP contribution >= 0.6 is 11.3 Å². The van der Waals surface area contributed by atoms with Gasteiger partial charge in [-0.15, -0.1) is 10.2 Å². The lowest BCUT2D eigenvalue weighted by atomic mass is 10.1. The van der Waals surface area contributed by atoms with Crippen LogP contribution in [0.2, 0.25) is 0 Å². The van der Waals surface area contributed by atoms with E-state index in [-0.39, 0.29) is 0 Å². The molecule has 0 aliphatic heterocycles. The van der Waals surface area contributed by atoms with Gasteiger partial charge < -0.3 is 4.74 Å². The Kier molecular flexibility index (Phi) is 2.81. The maximum absolute atomic E-state index is 5.07. The van der Waals surface area contributed by atoms with Gasteiger partial charge in [0.25, 0.3) is 0 Å². The van der Waals surface area contributed by atoms with Crippen molar-refractivity contribution >= 4 is 16.3 Å². The van der Waals surface area contributed by atoms with Gasteiger partial charge in [0, 0.05) is 12.7 Å². The summed E-state index contributed by atoms with van der Waals surface area (Å²) in [5, 5.41) is 13.6. The van der Waals surface area contributed by atoms with Crippen LogP contribution in [0.5, 0.6) is 0 Å². The summed E-state index contributed by atoms with van der Waals surface area (Å²) >= 11 is 1.53. The van der Waals surface area contributed by atoms with Crippen LogP contribution in [0, 0.1) is 6.92 Å². The minimum atomic E-state index is 0.415. The van der Waals surface area contributed by atoms with Crippen LogP contribution in [-0.4, -0.2) is 26.9 Å². The summed E-state index contributed by atoms with van der Waals surface area (Å²) in [6, 6.07) is 8.26. The summed E-state index contributed by atoms with van der Waals surface area (Å²) in [5.74, 6) is 0.725. The summed E-state index contributed by atoms with van der Waals surface area (Å²) in [6.45, 7) is 2.48. The molecule has 0 N–H and O–H groups in total. The van der Waals surface area contributed by atoms with Crippen molar-refractivity contribution in [3.05, 3.63) is 35.7 Å². The quantitative estimate of drug-likeness (QED) is 0.725. The highest BCUT2D eigenvalue weighted by Gasteiger charge is 2.12. The topological polar surface area (TPSA) is 52.3 Å². The van der Waals surface area contributed by atoms with Crippen LogP contribution in [0.15, 0.2) is 24.3 Å². The third-order valence-electron chi connectivity index (χ3n) is 2.59. The van der Waals surface area contributed by atoms with Crippen LogP contribution in [0.4, 0.5) is 0 Å². The van der Waals surface area contributed by atoms with Crippen molar-refractivity contribution in [3.63, 3.8) is 0 Å². The van der Waals surface area contributed by atoms with Gasteiger partial charge in [-0.05, 0) is 13.0 Å². The van der Waals surface area contributed by atoms with Crippen molar-refractivity contribution in [3.8, 4) is 10.6 Å². The molecule has 0 spiro atoms. The number of nitrogens with zero attached hydrogens (tertiary/aromatic N) is 4. The van der Waals surface area contributed by atoms with Gasteiger partial charge >= 0.3 is 0 Å². The zero-order valence-corrected chi connectivity index (χ0v) is 10.9. The van der Waals surface area contributed by atoms with Gasteiger partial charge in [-0.1, -0.05) is 35.1 Å². The van der Waals surface area contributed by atoms with E-state index in [4.69, 9.17) is 4.74 Å². The molecule has 0 amide bonds. The summed E-state index contributed by atoms with van der Waals surface area (Å²) in [5.41, 5.74) is 2.32. The molecule has 0 aliphatic rings. The van der Waals surface area contributed by atoms with E-state index in [0.717, 1.165) is 21.4 Å². The molecule has 0 aliphatic carbocycles. The van der Waals surface area contributed by atoms with Gasteiger partial charge in [0.15, 0.2) is 5.82 Å². The Morgan fingerprint density at radius 3 is 3.00 bits per heavy atom. The second-order valence-corrected chi connectivity index (χ2v) is 4.98. The third kappa shape index (κ3) is 1.89. The minimum Gasteiger partial charge on any atom is -0.377 e. The van der Waals surface area contributed by atoms with Crippen LogP contribution in [0.25, 0.3) is 15.5 Å². The number of aromatic nitrogens is 4. The van der Waals surface area contributed by atoms with Gasteiger partial charge in [0.1, 0.15) is 11.6 Å². The fourth-order valence-corrected chi connectivity index (χ4v) is 2.63. The van der Waals surface area contributed by atoms with Crippen molar-refractivity contribution < 1.29 is 4.74 Å². The van der Waals surface area contributed by atoms with E-state index in [2.05, 4.69) is 40.4 Å². The number of methoxy groups -OCH3 is 1. The second-order valence-electron chi connectivity index (χ2n) is 4.02. The molecule has 6 heteroatoms. The SMILES string of the molecule is COCc1nnc2sc(-c3cccc(C)c3)nn12. The highest BCUT2D eigenvalue weighted by atomic mass is 32.1. The third-order valence-corrected chi connectivity index (χ3v) is 3.54. The lowest BCUT2D eigenvalue weighted by molar-refractivity contribution is 0.176. The largest absolute Gasteiger partial charge is 0.377 e. The molecule has 0 atom stereocenters. The van der Waals surface area contributed by atoms with E-state index in [1.54, 1.807) is 11.6 Å². The van der Waals surface area contributed by atoms with Crippen LogP contribution in [0.1, 0.15) is 11.4 Å². The molecule has 5 nitrogen and oxygen atoms in total. The molecule has 2 aromatic heterocycles. The first kappa shape index (κ1) is 11.3. The first-order chi connectivity index (χ1) is 8.78. The monoisotopic (exact) mass is 260 g/mol. The molecule has 3 rings (SSSR count). The lowest BCUT2D eigenvalue weighted by Crippen LogP contribution is -1.97. The van der Waals surface area contributed by atoms with Crippen molar-refractivity contribution in [2.45, 2.75) is 13.5 Å². The molecule has 0 unspecified atom stereocenters. The average Bonchev–Trinajstić information content (AvgIpc) is 2.92. The average molecular weight is 260 g/mol. The van der Waals surface area contributed by atoms with Gasteiger partial charge in [0.05, 0.1) is 0 Å². The molecule has 92 valence electrons. The van der Waals surface area contributed by atoms with E-state index in [1.165, 1.54) is 16.9 Å². The number of benzene rings is 1. The zero-order valence-electron chi connectivity index (χ0n) is 10.1. The summed E-state index contributed by atoms with van der Waals surface area (Å²) in [6.07, 6.45) is 0. The van der Waals surface area contributed by atoms with Crippen LogP contribution < -0.4 is 0 Å². The number of hydrogen-bond donors (Lipinski definition) is 0. The molecular formula is C12H12N4OS. The lowest BCUT2D eigenvalue weighted by Gasteiger charge is -1.97. The molecule has 0 radical (unpaired) electrons. The molecule has 0 bridgehead atoms. The van der Waals surface area contributed by atoms with Crippen LogP contribution in [0.3, 0.4) is 0 Å². The molecule has 18 heavy (non-hydrogen) atoms. The highest BCUT2D eigenvalue weighted by Crippen LogP contribution is 2.25. The molecule has 0 saturated carbocycles. The molecule has 1 aromatic carbocycles. The molecular weight excluding hydrogens is 248 g/mol. The number of hydrogen-bond acceptors (Lipinski definition) is 5. The Bertz CT molecular complexity index is 688. The second kappa shape index (κ2) is 4.47. The predicted molar refractivity (Wildman–Crippen MR) is 69.5 cm³/mol. The molecule has 0 saturated heterocycles. The van der Waals surface area contributed by atoms with Crippen molar-refractivity contribution in [1.29, 1.82) is 0 Å². The fourth-order valence-electron chi connectivity index (χ4n) is 1.77. The Balaban J connectivity index is 2.08. The number of aryl methyl sites for hydroxylation is 1. The van der Waals surface area contributed by atoms with E-state index in [0.29, 0.717) is 6.61 Å². The predicted octanol–water partition coefficient (Wildman–Crippen LogP) is 2.31. The molecule has 2 heterocycles. The summed E-state index contributed by atoms with van der Waals surface area (Å²) < 4.78 is 6.81. The van der Waals surface area contributed by atoms with Crippen molar-refractivity contribution in [2.75, 3.05) is 7.11 Å². The number of rotatable bonds is 3. The molecule has 3 aromatic rings. The number of ether oxygens (including phenoxy) is 1. The van der Waals surface area contributed by atoms with Gasteiger partial charge in [0.2, 0.25) is 4.96 Å². The Morgan fingerprint density at radius 2 is 2.22 bits per heavy atom.